The van der Waals surface area contributed by atoms with Gasteiger partial charge in [0.1, 0.15) is 5.75 Å². The largest absolute Gasteiger partial charge is 0.434 e. The summed E-state index contributed by atoms with van der Waals surface area (Å²) in [5.41, 5.74) is 4.33. The van der Waals surface area contributed by atoms with Crippen LogP contribution in [0.25, 0.3) is 0 Å². The molecule has 1 heterocycles. The van der Waals surface area contributed by atoms with E-state index in [4.69, 9.17) is 5.84 Å². The van der Waals surface area contributed by atoms with Gasteiger partial charge in [0.15, 0.2) is 0 Å². The zero-order chi connectivity index (χ0) is 15.2. The lowest BCUT2D eigenvalue weighted by atomic mass is 10.00. The number of benzene rings is 1. The van der Waals surface area contributed by atoms with E-state index in [0.717, 1.165) is 12.0 Å². The minimum absolute atomic E-state index is 0.140. The molecule has 7 heteroatoms. The first kappa shape index (κ1) is 15.4. The molecule has 0 aliphatic rings. The van der Waals surface area contributed by atoms with Crippen LogP contribution in [0, 0.1) is 0 Å². The highest BCUT2D eigenvalue weighted by Gasteiger charge is 2.17. The number of hydrogen-bond donors (Lipinski definition) is 2. The first-order valence-electron chi connectivity index (χ1n) is 6.57. The van der Waals surface area contributed by atoms with Gasteiger partial charge in [0, 0.05) is 24.8 Å². The minimum Gasteiger partial charge on any atom is -0.434 e. The Morgan fingerprint density at radius 2 is 2.14 bits per heavy atom. The Bertz CT molecular complexity index is 574. The van der Waals surface area contributed by atoms with Gasteiger partial charge in [0.2, 0.25) is 0 Å². The van der Waals surface area contributed by atoms with Crippen molar-refractivity contribution in [3.63, 3.8) is 0 Å². The third-order valence-electron chi connectivity index (χ3n) is 3.19. The maximum atomic E-state index is 12.4. The summed E-state index contributed by atoms with van der Waals surface area (Å²) in [4.78, 5) is 0. The van der Waals surface area contributed by atoms with Gasteiger partial charge in [0.25, 0.3) is 0 Å². The van der Waals surface area contributed by atoms with Crippen molar-refractivity contribution in [2.24, 2.45) is 12.9 Å². The van der Waals surface area contributed by atoms with Crippen LogP contribution in [-0.2, 0) is 13.5 Å². The van der Waals surface area contributed by atoms with Gasteiger partial charge in [-0.15, -0.1) is 0 Å². The Labute approximate surface area is 121 Å². The highest BCUT2D eigenvalue weighted by atomic mass is 19.3. The van der Waals surface area contributed by atoms with E-state index in [1.165, 1.54) is 6.07 Å². The van der Waals surface area contributed by atoms with E-state index in [2.05, 4.69) is 15.3 Å². The van der Waals surface area contributed by atoms with Crippen LogP contribution in [0.5, 0.6) is 5.75 Å². The smallest absolute Gasteiger partial charge is 0.387 e. The molecule has 1 atom stereocenters. The molecule has 0 aliphatic heterocycles. The van der Waals surface area contributed by atoms with Crippen molar-refractivity contribution in [3.8, 4) is 5.75 Å². The van der Waals surface area contributed by atoms with E-state index in [9.17, 15) is 8.78 Å². The molecule has 3 N–H and O–H groups in total. The second-order valence-corrected chi connectivity index (χ2v) is 4.70. The number of alkyl halides is 2. The van der Waals surface area contributed by atoms with E-state index in [1.807, 2.05) is 13.2 Å². The van der Waals surface area contributed by atoms with Gasteiger partial charge in [-0.3, -0.25) is 16.0 Å². The van der Waals surface area contributed by atoms with Gasteiger partial charge >= 0.3 is 6.61 Å². The molecule has 1 aromatic carbocycles. The first-order valence-corrected chi connectivity index (χ1v) is 6.57. The predicted octanol–water partition coefficient (Wildman–Crippen LogP) is 2.16. The van der Waals surface area contributed by atoms with E-state index < -0.39 is 6.61 Å². The summed E-state index contributed by atoms with van der Waals surface area (Å²) in [6.45, 7) is -2.86. The lowest BCUT2D eigenvalue weighted by Crippen LogP contribution is -2.29. The average Bonchev–Trinajstić information content (AvgIpc) is 2.86. The highest BCUT2D eigenvalue weighted by molar-refractivity contribution is 5.36. The van der Waals surface area contributed by atoms with Crippen molar-refractivity contribution < 1.29 is 13.5 Å². The summed E-state index contributed by atoms with van der Waals surface area (Å²) >= 11 is 0. The number of para-hydroxylation sites is 1. The van der Waals surface area contributed by atoms with Crippen LogP contribution in [0.15, 0.2) is 36.7 Å². The highest BCUT2D eigenvalue weighted by Crippen LogP contribution is 2.28. The number of hydrazine groups is 1. The van der Waals surface area contributed by atoms with E-state index in [1.54, 1.807) is 29.1 Å². The van der Waals surface area contributed by atoms with Crippen molar-refractivity contribution in [2.45, 2.75) is 25.5 Å². The molecule has 0 amide bonds. The molecule has 114 valence electrons. The molecule has 0 radical (unpaired) electrons. The van der Waals surface area contributed by atoms with Crippen LogP contribution in [0.1, 0.15) is 23.6 Å². The van der Waals surface area contributed by atoms with Crippen LogP contribution >= 0.6 is 0 Å². The zero-order valence-electron chi connectivity index (χ0n) is 11.7. The Balaban J connectivity index is 2.09. The zero-order valence-corrected chi connectivity index (χ0v) is 11.7. The Morgan fingerprint density at radius 1 is 1.38 bits per heavy atom. The standard InChI is InChI=1S/C14H18F2N4O/c1-20-9-10(8-18-20)6-7-12(19-17)11-4-2-3-5-13(11)21-14(15)16/h2-5,8-9,12,14,19H,6-7,17H2,1H3. The predicted molar refractivity (Wildman–Crippen MR) is 74.7 cm³/mol. The fraction of sp³-hybridized carbons (Fsp3) is 0.357. The molecule has 1 unspecified atom stereocenters. The van der Waals surface area contributed by atoms with Gasteiger partial charge in [-0.25, -0.2) is 0 Å². The Morgan fingerprint density at radius 3 is 2.76 bits per heavy atom. The molecule has 21 heavy (non-hydrogen) atoms. The van der Waals surface area contributed by atoms with Gasteiger partial charge in [0.05, 0.1) is 6.20 Å². The quantitative estimate of drug-likeness (QED) is 0.607. The van der Waals surface area contributed by atoms with Gasteiger partial charge in [-0.05, 0) is 24.5 Å². The molecule has 1 aromatic heterocycles. The third kappa shape index (κ3) is 4.24. The molecule has 2 aromatic rings. The van der Waals surface area contributed by atoms with Crippen molar-refractivity contribution >= 4 is 0 Å². The van der Waals surface area contributed by atoms with E-state index in [-0.39, 0.29) is 11.8 Å². The molecule has 0 aliphatic carbocycles. The molecule has 0 fully saturated rings. The van der Waals surface area contributed by atoms with E-state index in [0.29, 0.717) is 12.0 Å². The minimum atomic E-state index is -2.86. The SMILES string of the molecule is Cn1cc(CCC(NN)c2ccccc2OC(F)F)cn1. The van der Waals surface area contributed by atoms with Crippen LogP contribution in [0.3, 0.4) is 0 Å². The number of rotatable bonds is 7. The number of ether oxygens (including phenoxy) is 1. The number of aryl methyl sites for hydroxylation is 2. The number of hydrogen-bond acceptors (Lipinski definition) is 4. The summed E-state index contributed by atoms with van der Waals surface area (Å²) in [5, 5.41) is 4.09. The lowest BCUT2D eigenvalue weighted by molar-refractivity contribution is -0.0507. The van der Waals surface area contributed by atoms with Crippen LogP contribution < -0.4 is 16.0 Å². The summed E-state index contributed by atoms with van der Waals surface area (Å²) in [7, 11) is 1.84. The molecule has 0 saturated carbocycles. The number of nitrogens with two attached hydrogens (primary N) is 1. The average molecular weight is 296 g/mol. The summed E-state index contributed by atoms with van der Waals surface area (Å²) in [6, 6.07) is 6.37. The molecular weight excluding hydrogens is 278 g/mol. The monoisotopic (exact) mass is 296 g/mol. The van der Waals surface area contributed by atoms with E-state index >= 15 is 0 Å². The van der Waals surface area contributed by atoms with Crippen molar-refractivity contribution in [3.05, 3.63) is 47.8 Å². The fourth-order valence-corrected chi connectivity index (χ4v) is 2.21. The van der Waals surface area contributed by atoms with Crippen LogP contribution in [-0.4, -0.2) is 16.4 Å². The number of aromatic nitrogens is 2. The van der Waals surface area contributed by atoms with Crippen LogP contribution in [0.4, 0.5) is 8.78 Å². The summed E-state index contributed by atoms with van der Waals surface area (Å²) in [5.74, 6) is 5.70. The second-order valence-electron chi connectivity index (χ2n) is 4.70. The van der Waals surface area contributed by atoms with Gasteiger partial charge in [-0.2, -0.15) is 13.9 Å². The maximum absolute atomic E-state index is 12.4. The maximum Gasteiger partial charge on any atom is 0.387 e. The molecule has 2 rings (SSSR count). The molecule has 0 bridgehead atoms. The second kappa shape index (κ2) is 7.14. The van der Waals surface area contributed by atoms with Gasteiger partial charge in [-0.1, -0.05) is 18.2 Å². The van der Waals surface area contributed by atoms with Crippen molar-refractivity contribution in [1.82, 2.24) is 15.2 Å². The first-order chi connectivity index (χ1) is 10.1. The molecule has 0 saturated heterocycles. The summed E-state index contributed by atoms with van der Waals surface area (Å²) < 4.78 is 31.1. The molecule has 5 nitrogen and oxygen atoms in total. The molecule has 0 spiro atoms. The van der Waals surface area contributed by atoms with Crippen molar-refractivity contribution in [1.29, 1.82) is 0 Å². The van der Waals surface area contributed by atoms with Gasteiger partial charge < -0.3 is 4.74 Å². The summed E-state index contributed by atoms with van der Waals surface area (Å²) in [6.07, 6.45) is 5.06. The Hall–Kier alpha value is -1.99. The fourth-order valence-electron chi connectivity index (χ4n) is 2.21. The topological polar surface area (TPSA) is 65.1 Å². The normalized spacial score (nSPS) is 12.6. The van der Waals surface area contributed by atoms with Crippen LogP contribution in [0.2, 0.25) is 0 Å². The lowest BCUT2D eigenvalue weighted by Gasteiger charge is -2.19. The number of halogens is 2. The molecular formula is C14H18F2N4O. The van der Waals surface area contributed by atoms with Crippen molar-refractivity contribution in [2.75, 3.05) is 0 Å². The number of nitrogens with one attached hydrogen (secondary N) is 1. The third-order valence-corrected chi connectivity index (χ3v) is 3.19. The Kier molecular flexibility index (Phi) is 5.24. The number of nitrogens with zero attached hydrogens (tertiary/aromatic N) is 2.